The lowest BCUT2D eigenvalue weighted by molar-refractivity contribution is -0.128. The van der Waals surface area contributed by atoms with Crippen LogP contribution in [0.1, 0.15) is 38.4 Å². The number of fused-ring (bicyclic) bond motifs is 3. The second-order valence-corrected chi connectivity index (χ2v) is 7.90. The summed E-state index contributed by atoms with van der Waals surface area (Å²) in [7, 11) is 0. The molecule has 2 atom stereocenters. The predicted octanol–water partition coefficient (Wildman–Crippen LogP) is 3.42. The number of rotatable bonds is 1. The Balaban J connectivity index is 1.94. The zero-order chi connectivity index (χ0) is 18.5. The zero-order valence-electron chi connectivity index (χ0n) is 15.2. The maximum absolute atomic E-state index is 12.7. The number of pyridine rings is 1. The molecule has 0 unspecified atom stereocenters. The van der Waals surface area contributed by atoms with Crippen LogP contribution in [-0.2, 0) is 16.6 Å². The zero-order valence-corrected chi connectivity index (χ0v) is 15.2. The Kier molecular flexibility index (Phi) is 3.55. The van der Waals surface area contributed by atoms with Crippen LogP contribution in [0, 0.1) is 22.7 Å². The number of ketones is 1. The van der Waals surface area contributed by atoms with E-state index in [0.717, 1.165) is 29.7 Å². The monoisotopic (exact) mass is 344 g/mol. The van der Waals surface area contributed by atoms with Crippen LogP contribution in [-0.4, -0.2) is 20.7 Å². The first-order valence-electron chi connectivity index (χ1n) is 8.82. The number of aryl methyl sites for hydroxylation is 1. The Morgan fingerprint density at radius 1 is 1.27 bits per heavy atom. The Bertz CT molecular complexity index is 971. The molecule has 2 aliphatic rings. The van der Waals surface area contributed by atoms with Crippen molar-refractivity contribution < 1.29 is 4.79 Å². The average Bonchev–Trinajstić information content (AvgIpc) is 2.65. The number of hydrogen-bond donors (Lipinski definition) is 0. The summed E-state index contributed by atoms with van der Waals surface area (Å²) in [4.78, 5) is 26.3. The van der Waals surface area contributed by atoms with E-state index >= 15 is 0 Å². The highest BCUT2D eigenvalue weighted by atomic mass is 16.1. The van der Waals surface area contributed by atoms with Crippen molar-refractivity contribution in [3.05, 3.63) is 53.6 Å². The number of hydrogen-bond acceptors (Lipinski definition) is 5. The molecule has 0 spiro atoms. The molecule has 26 heavy (non-hydrogen) atoms. The fourth-order valence-electron chi connectivity index (χ4n) is 4.69. The van der Waals surface area contributed by atoms with Crippen LogP contribution >= 0.6 is 0 Å². The molecule has 5 heteroatoms. The molecule has 0 saturated heterocycles. The van der Waals surface area contributed by atoms with Gasteiger partial charge in [0.05, 0.1) is 11.3 Å². The highest BCUT2D eigenvalue weighted by Crippen LogP contribution is 2.54. The molecule has 2 aromatic rings. The highest BCUT2D eigenvalue weighted by molar-refractivity contribution is 6.04. The van der Waals surface area contributed by atoms with E-state index in [-0.39, 0.29) is 17.3 Å². The van der Waals surface area contributed by atoms with Gasteiger partial charge in [-0.2, -0.15) is 5.26 Å². The molecule has 5 nitrogen and oxygen atoms in total. The van der Waals surface area contributed by atoms with Gasteiger partial charge in [-0.1, -0.05) is 26.8 Å². The van der Waals surface area contributed by atoms with Crippen molar-refractivity contribution in [3.63, 3.8) is 0 Å². The van der Waals surface area contributed by atoms with E-state index in [1.54, 1.807) is 12.4 Å². The maximum Gasteiger partial charge on any atom is 0.178 e. The van der Waals surface area contributed by atoms with E-state index in [2.05, 4.69) is 23.0 Å². The largest absolute Gasteiger partial charge is 0.293 e. The van der Waals surface area contributed by atoms with Gasteiger partial charge in [-0.05, 0) is 36.5 Å². The van der Waals surface area contributed by atoms with Gasteiger partial charge in [0.25, 0.3) is 0 Å². The number of nitriles is 1. The summed E-state index contributed by atoms with van der Waals surface area (Å²) in [5, 5.41) is 9.50. The smallest absolute Gasteiger partial charge is 0.178 e. The first kappa shape index (κ1) is 16.6. The number of carbonyl (C=O) groups excluding carboxylic acids is 1. The van der Waals surface area contributed by atoms with Crippen molar-refractivity contribution in [2.45, 2.75) is 39.0 Å². The van der Waals surface area contributed by atoms with Gasteiger partial charge in [0.1, 0.15) is 6.07 Å². The predicted molar refractivity (Wildman–Crippen MR) is 96.9 cm³/mol. The first-order chi connectivity index (χ1) is 12.4. The summed E-state index contributed by atoms with van der Waals surface area (Å²) >= 11 is 0. The minimum Gasteiger partial charge on any atom is -0.293 e. The summed E-state index contributed by atoms with van der Waals surface area (Å²) < 4.78 is 0. The average molecular weight is 344 g/mol. The quantitative estimate of drug-likeness (QED) is 0.792. The van der Waals surface area contributed by atoms with Gasteiger partial charge >= 0.3 is 0 Å². The minimum atomic E-state index is -0.592. The van der Waals surface area contributed by atoms with Crippen molar-refractivity contribution in [2.75, 3.05) is 0 Å². The standard InChI is InChI=1S/C21H20N4O/c1-20(2)16-7-6-13-12-24-19(14-5-4-8-23-11-14)25-17(13)21(16,3)9-15(10-22)18(20)26/h4-5,8-9,11-12,16H,6-7H2,1-3H3/t16-,21-/m0/s1. The SMILES string of the molecule is CC1(C)C(=O)C(C#N)=C[C@]2(C)c3nc(-c4cccnc4)ncc3CC[C@@H]12. The Morgan fingerprint density at radius 2 is 2.08 bits per heavy atom. The highest BCUT2D eigenvalue weighted by Gasteiger charge is 2.54. The molecule has 0 fully saturated rings. The Morgan fingerprint density at radius 3 is 2.77 bits per heavy atom. The molecule has 0 aliphatic heterocycles. The van der Waals surface area contributed by atoms with Gasteiger partial charge in [0.15, 0.2) is 11.6 Å². The number of aromatic nitrogens is 3. The van der Waals surface area contributed by atoms with Crippen LogP contribution in [0.2, 0.25) is 0 Å². The Hall–Kier alpha value is -2.87. The number of nitrogens with zero attached hydrogens (tertiary/aromatic N) is 4. The lowest BCUT2D eigenvalue weighted by Gasteiger charge is -2.50. The third kappa shape index (κ3) is 2.22. The lowest BCUT2D eigenvalue weighted by atomic mass is 9.52. The molecule has 0 N–H and O–H groups in total. The van der Waals surface area contributed by atoms with E-state index < -0.39 is 10.8 Å². The summed E-state index contributed by atoms with van der Waals surface area (Å²) in [5.74, 6) is 0.663. The first-order valence-corrected chi connectivity index (χ1v) is 8.82. The second kappa shape index (κ2) is 5.57. The second-order valence-electron chi connectivity index (χ2n) is 7.90. The molecule has 2 aromatic heterocycles. The van der Waals surface area contributed by atoms with Gasteiger partial charge in [0, 0.05) is 35.0 Å². The molecular weight excluding hydrogens is 324 g/mol. The van der Waals surface area contributed by atoms with Gasteiger partial charge in [-0.3, -0.25) is 9.78 Å². The van der Waals surface area contributed by atoms with Gasteiger partial charge < -0.3 is 0 Å². The summed E-state index contributed by atoms with van der Waals surface area (Å²) in [6.45, 7) is 6.01. The third-order valence-corrected chi connectivity index (χ3v) is 5.99. The fraction of sp³-hybridized carbons (Fsp3) is 0.381. The normalized spacial score (nSPS) is 26.3. The van der Waals surface area contributed by atoms with Crippen LogP contribution in [0.15, 0.2) is 42.4 Å². The van der Waals surface area contributed by atoms with Crippen molar-refractivity contribution in [1.29, 1.82) is 5.26 Å². The molecule has 0 saturated carbocycles. The van der Waals surface area contributed by atoms with Crippen LogP contribution in [0.3, 0.4) is 0 Å². The fourth-order valence-corrected chi connectivity index (χ4v) is 4.69. The van der Waals surface area contributed by atoms with E-state index in [4.69, 9.17) is 4.98 Å². The summed E-state index contributed by atoms with van der Waals surface area (Å²) in [6, 6.07) is 5.90. The lowest BCUT2D eigenvalue weighted by Crippen LogP contribution is -2.51. The molecule has 130 valence electrons. The van der Waals surface area contributed by atoms with E-state index in [9.17, 15) is 10.1 Å². The molecule has 2 aliphatic carbocycles. The van der Waals surface area contributed by atoms with Crippen molar-refractivity contribution >= 4 is 5.78 Å². The summed E-state index contributed by atoms with van der Waals surface area (Å²) in [6.07, 6.45) is 8.91. The van der Waals surface area contributed by atoms with Gasteiger partial charge in [-0.25, -0.2) is 9.97 Å². The molecule has 0 amide bonds. The molecule has 0 aromatic carbocycles. The number of carbonyl (C=O) groups is 1. The summed E-state index contributed by atoms with van der Waals surface area (Å²) in [5.41, 5.74) is 2.06. The molecular formula is C21H20N4O. The topological polar surface area (TPSA) is 79.5 Å². The Labute approximate surface area is 152 Å². The van der Waals surface area contributed by atoms with Crippen molar-refractivity contribution in [2.24, 2.45) is 11.3 Å². The third-order valence-electron chi connectivity index (χ3n) is 5.99. The van der Waals surface area contributed by atoms with Crippen molar-refractivity contribution in [1.82, 2.24) is 15.0 Å². The van der Waals surface area contributed by atoms with Crippen LogP contribution in [0.25, 0.3) is 11.4 Å². The van der Waals surface area contributed by atoms with Crippen LogP contribution in [0.5, 0.6) is 0 Å². The van der Waals surface area contributed by atoms with Gasteiger partial charge in [0.2, 0.25) is 0 Å². The van der Waals surface area contributed by atoms with E-state index in [1.807, 2.05) is 38.3 Å². The number of allylic oxidation sites excluding steroid dienone is 2. The van der Waals surface area contributed by atoms with Crippen LogP contribution < -0.4 is 0 Å². The van der Waals surface area contributed by atoms with Crippen LogP contribution in [0.4, 0.5) is 0 Å². The molecule has 0 radical (unpaired) electrons. The molecule has 4 rings (SSSR count). The molecule has 0 bridgehead atoms. The minimum absolute atomic E-state index is 0.0625. The number of Topliss-reactive ketones (excluding diaryl/α,β-unsaturated/α-hetero) is 1. The van der Waals surface area contributed by atoms with E-state index in [1.165, 1.54) is 0 Å². The van der Waals surface area contributed by atoms with Crippen molar-refractivity contribution in [3.8, 4) is 17.5 Å². The van der Waals surface area contributed by atoms with E-state index in [0.29, 0.717) is 5.82 Å². The maximum atomic E-state index is 12.7. The molecule has 2 heterocycles. The van der Waals surface area contributed by atoms with Gasteiger partial charge in [-0.15, -0.1) is 0 Å².